The molecule has 0 bridgehead atoms. The highest BCUT2D eigenvalue weighted by Gasteiger charge is 1.90. The minimum atomic E-state index is -0.230. The van der Waals surface area contributed by atoms with Gasteiger partial charge in [0.25, 0.3) is 0 Å². The third-order valence-corrected chi connectivity index (χ3v) is 1.68. The summed E-state index contributed by atoms with van der Waals surface area (Å²) in [6, 6.07) is 0. The molecule has 0 fully saturated rings. The van der Waals surface area contributed by atoms with Gasteiger partial charge < -0.3 is 4.74 Å². The largest absolute Gasteiger partial charge is 0.462 e. The van der Waals surface area contributed by atoms with E-state index in [0.717, 1.165) is 6.42 Å². The van der Waals surface area contributed by atoms with E-state index in [1.54, 1.807) is 0 Å². The van der Waals surface area contributed by atoms with Crippen LogP contribution in [0.1, 0.15) is 34.1 Å². The van der Waals surface area contributed by atoms with Crippen LogP contribution in [0.25, 0.3) is 0 Å². The zero-order valence-corrected chi connectivity index (χ0v) is 9.54. The molecule has 0 rings (SSSR count). The van der Waals surface area contributed by atoms with Crippen LogP contribution in [-0.4, -0.2) is 12.6 Å². The molecule has 0 saturated heterocycles. The second-order valence-electron chi connectivity index (χ2n) is 3.73. The van der Waals surface area contributed by atoms with Crippen molar-refractivity contribution in [2.45, 2.75) is 34.1 Å². The van der Waals surface area contributed by atoms with Gasteiger partial charge in [0.15, 0.2) is 0 Å². The molecule has 2 heteroatoms. The van der Waals surface area contributed by atoms with Crippen molar-refractivity contribution in [3.05, 3.63) is 23.8 Å². The Morgan fingerprint density at radius 3 is 2.50 bits per heavy atom. The quantitative estimate of drug-likeness (QED) is 0.499. The molecule has 0 aliphatic rings. The lowest BCUT2D eigenvalue weighted by Crippen LogP contribution is -1.98. The van der Waals surface area contributed by atoms with Crippen LogP contribution in [-0.2, 0) is 9.53 Å². The molecule has 0 atom stereocenters. The Morgan fingerprint density at radius 2 is 2.00 bits per heavy atom. The summed E-state index contributed by atoms with van der Waals surface area (Å²) in [5, 5.41) is 0. The van der Waals surface area contributed by atoms with Crippen molar-refractivity contribution in [3.63, 3.8) is 0 Å². The minimum Gasteiger partial charge on any atom is -0.462 e. The second-order valence-corrected chi connectivity index (χ2v) is 3.73. The van der Waals surface area contributed by atoms with E-state index in [2.05, 4.69) is 26.0 Å². The number of esters is 1. The van der Waals surface area contributed by atoms with E-state index >= 15 is 0 Å². The lowest BCUT2D eigenvalue weighted by Gasteiger charge is -1.99. The molecule has 0 aromatic carbocycles. The summed E-state index contributed by atoms with van der Waals surface area (Å²) in [6.45, 7) is 8.13. The summed E-state index contributed by atoms with van der Waals surface area (Å²) < 4.78 is 4.80. The fraction of sp³-hybridized carbons (Fsp3) is 0.583. The number of carbonyl (C=O) groups is 1. The van der Waals surface area contributed by atoms with Crippen molar-refractivity contribution >= 4 is 5.97 Å². The van der Waals surface area contributed by atoms with Gasteiger partial charge in [0.1, 0.15) is 6.61 Å². The maximum absolute atomic E-state index is 10.5. The van der Waals surface area contributed by atoms with Crippen molar-refractivity contribution in [1.82, 2.24) is 0 Å². The van der Waals surface area contributed by atoms with Crippen molar-refractivity contribution in [2.75, 3.05) is 6.61 Å². The first kappa shape index (κ1) is 12.9. The molecule has 0 spiro atoms. The van der Waals surface area contributed by atoms with Crippen LogP contribution in [0, 0.1) is 5.92 Å². The molecule has 0 amide bonds. The predicted molar refractivity (Wildman–Crippen MR) is 59.0 cm³/mol. The lowest BCUT2D eigenvalue weighted by molar-refractivity contribution is -0.139. The van der Waals surface area contributed by atoms with Crippen LogP contribution >= 0.6 is 0 Å². The average molecular weight is 196 g/mol. The van der Waals surface area contributed by atoms with Gasteiger partial charge in [0, 0.05) is 6.92 Å². The van der Waals surface area contributed by atoms with Gasteiger partial charge in [-0.1, -0.05) is 31.6 Å². The minimum absolute atomic E-state index is 0.230. The van der Waals surface area contributed by atoms with Crippen LogP contribution in [0.4, 0.5) is 0 Å². The van der Waals surface area contributed by atoms with Crippen LogP contribution in [0.15, 0.2) is 23.8 Å². The molecular weight excluding hydrogens is 176 g/mol. The van der Waals surface area contributed by atoms with Gasteiger partial charge in [0.05, 0.1) is 0 Å². The molecule has 0 N–H and O–H groups in total. The fourth-order valence-electron chi connectivity index (χ4n) is 0.911. The van der Waals surface area contributed by atoms with Gasteiger partial charge in [0.2, 0.25) is 0 Å². The molecule has 80 valence electrons. The molecule has 0 saturated carbocycles. The maximum atomic E-state index is 10.5. The smallest absolute Gasteiger partial charge is 0.302 e. The van der Waals surface area contributed by atoms with Gasteiger partial charge >= 0.3 is 5.97 Å². The van der Waals surface area contributed by atoms with E-state index < -0.39 is 0 Å². The summed E-state index contributed by atoms with van der Waals surface area (Å²) in [5.74, 6) is 0.364. The van der Waals surface area contributed by atoms with E-state index in [1.165, 1.54) is 12.5 Å². The van der Waals surface area contributed by atoms with Crippen molar-refractivity contribution in [2.24, 2.45) is 5.92 Å². The highest BCUT2D eigenvalue weighted by molar-refractivity contribution is 5.66. The van der Waals surface area contributed by atoms with Crippen LogP contribution in [0.5, 0.6) is 0 Å². The van der Waals surface area contributed by atoms with E-state index in [4.69, 9.17) is 4.74 Å². The normalized spacial score (nSPS) is 12.5. The van der Waals surface area contributed by atoms with Gasteiger partial charge in [-0.25, -0.2) is 0 Å². The Bertz CT molecular complexity index is 224. The summed E-state index contributed by atoms with van der Waals surface area (Å²) in [4.78, 5) is 10.5. The van der Waals surface area contributed by atoms with Gasteiger partial charge in [-0.05, 0) is 25.3 Å². The molecule has 2 nitrogen and oxygen atoms in total. The number of allylic oxidation sites excluding steroid dienone is 3. The number of carbonyl (C=O) groups excluding carboxylic acids is 1. The SMILES string of the molecule is CC(=O)OC/C=C(\C)C/C=C/C(C)C. The average Bonchev–Trinajstić information content (AvgIpc) is 2.02. The third-order valence-electron chi connectivity index (χ3n) is 1.68. The van der Waals surface area contributed by atoms with E-state index in [9.17, 15) is 4.79 Å². The van der Waals surface area contributed by atoms with Crippen molar-refractivity contribution < 1.29 is 9.53 Å². The molecular formula is C12H20O2. The Morgan fingerprint density at radius 1 is 1.36 bits per heavy atom. The molecule has 0 aromatic rings. The first-order chi connectivity index (χ1) is 6.52. The monoisotopic (exact) mass is 196 g/mol. The predicted octanol–water partition coefficient (Wildman–Crippen LogP) is 3.10. The number of rotatable bonds is 5. The van der Waals surface area contributed by atoms with E-state index in [-0.39, 0.29) is 5.97 Å². The molecule has 0 aromatic heterocycles. The molecule has 0 heterocycles. The van der Waals surface area contributed by atoms with Crippen LogP contribution in [0.2, 0.25) is 0 Å². The van der Waals surface area contributed by atoms with Gasteiger partial charge in [-0.3, -0.25) is 4.79 Å². The first-order valence-electron chi connectivity index (χ1n) is 4.98. The zero-order chi connectivity index (χ0) is 11.0. The molecule has 0 radical (unpaired) electrons. The number of ether oxygens (including phenoxy) is 1. The highest BCUT2D eigenvalue weighted by atomic mass is 16.5. The Kier molecular flexibility index (Phi) is 6.81. The number of hydrogen-bond acceptors (Lipinski definition) is 2. The highest BCUT2D eigenvalue weighted by Crippen LogP contribution is 2.03. The Hall–Kier alpha value is -1.05. The van der Waals surface area contributed by atoms with Crippen LogP contribution in [0.3, 0.4) is 0 Å². The maximum Gasteiger partial charge on any atom is 0.302 e. The Balaban J connectivity index is 3.72. The summed E-state index contributed by atoms with van der Waals surface area (Å²) >= 11 is 0. The van der Waals surface area contributed by atoms with Crippen LogP contribution < -0.4 is 0 Å². The molecule has 0 aliphatic carbocycles. The van der Waals surface area contributed by atoms with E-state index in [0.29, 0.717) is 12.5 Å². The van der Waals surface area contributed by atoms with Crippen molar-refractivity contribution in [3.8, 4) is 0 Å². The molecule has 0 unspecified atom stereocenters. The Labute approximate surface area is 86.6 Å². The molecule has 14 heavy (non-hydrogen) atoms. The zero-order valence-electron chi connectivity index (χ0n) is 9.54. The second kappa shape index (κ2) is 7.36. The first-order valence-corrected chi connectivity index (χ1v) is 4.98. The van der Waals surface area contributed by atoms with Gasteiger partial charge in [-0.2, -0.15) is 0 Å². The topological polar surface area (TPSA) is 26.3 Å². The summed E-state index contributed by atoms with van der Waals surface area (Å²) in [7, 11) is 0. The standard InChI is InChI=1S/C12H20O2/c1-10(2)6-5-7-11(3)8-9-14-12(4)13/h5-6,8,10H,7,9H2,1-4H3/b6-5+,11-8+. The van der Waals surface area contributed by atoms with E-state index in [1.807, 2.05) is 13.0 Å². The fourth-order valence-corrected chi connectivity index (χ4v) is 0.911. The van der Waals surface area contributed by atoms with Gasteiger partial charge in [-0.15, -0.1) is 0 Å². The molecule has 0 aliphatic heterocycles. The lowest BCUT2D eigenvalue weighted by atomic mass is 10.1. The third kappa shape index (κ3) is 9.04. The van der Waals surface area contributed by atoms with Crippen molar-refractivity contribution in [1.29, 1.82) is 0 Å². The number of hydrogen-bond donors (Lipinski definition) is 0. The summed E-state index contributed by atoms with van der Waals surface area (Å²) in [6.07, 6.45) is 7.18. The summed E-state index contributed by atoms with van der Waals surface area (Å²) in [5.41, 5.74) is 1.23.